The lowest BCUT2D eigenvalue weighted by atomic mass is 9.98. The number of rotatable bonds is 8. The molecule has 2 fully saturated rings. The number of carboxylic acids is 1. The second-order valence-corrected chi connectivity index (χ2v) is 9.40. The van der Waals surface area contributed by atoms with Gasteiger partial charge in [-0.05, 0) is 41.5 Å². The van der Waals surface area contributed by atoms with Crippen LogP contribution in [0.4, 0.5) is 4.79 Å². The van der Waals surface area contributed by atoms with Gasteiger partial charge >= 0.3 is 12.1 Å². The first-order chi connectivity index (χ1) is 16.5. The van der Waals surface area contributed by atoms with E-state index < -0.39 is 17.5 Å². The van der Waals surface area contributed by atoms with Gasteiger partial charge in [0.2, 0.25) is 5.91 Å². The van der Waals surface area contributed by atoms with Crippen molar-refractivity contribution < 1.29 is 29.0 Å². The van der Waals surface area contributed by atoms with Gasteiger partial charge in [0.1, 0.15) is 6.61 Å². The van der Waals surface area contributed by atoms with Crippen molar-refractivity contribution in [3.63, 3.8) is 0 Å². The minimum absolute atomic E-state index is 0.00507. The fourth-order valence-electron chi connectivity index (χ4n) is 4.90. The van der Waals surface area contributed by atoms with Crippen molar-refractivity contribution in [1.29, 1.82) is 0 Å². The lowest BCUT2D eigenvalue weighted by Crippen LogP contribution is -2.38. The number of aliphatic carboxylic acids is 1. The summed E-state index contributed by atoms with van der Waals surface area (Å²) in [6, 6.07) is 16.3. The molecule has 3 aliphatic rings. The topological polar surface area (TPSA) is 114 Å². The summed E-state index contributed by atoms with van der Waals surface area (Å²) in [7, 11) is 0. The van der Waals surface area contributed by atoms with Crippen molar-refractivity contribution in [1.82, 2.24) is 10.6 Å². The third kappa shape index (κ3) is 4.37. The molecule has 0 aromatic heterocycles. The SMILES string of the molecule is O=C(NCC1CC(C(=O)NCC2(C(=O)O)CC2)CO1)OCC1c2ccccc2-c2ccccc21. The summed E-state index contributed by atoms with van der Waals surface area (Å²) in [5.74, 6) is -1.41. The zero-order chi connectivity index (χ0) is 23.7. The lowest BCUT2D eigenvalue weighted by molar-refractivity contribution is -0.143. The Morgan fingerprint density at radius 3 is 2.26 bits per heavy atom. The number of carboxylic acid groups (broad SMARTS) is 1. The maximum absolute atomic E-state index is 12.4. The van der Waals surface area contributed by atoms with E-state index in [1.807, 2.05) is 24.3 Å². The molecule has 178 valence electrons. The smallest absolute Gasteiger partial charge is 0.407 e. The Hall–Kier alpha value is -3.39. The normalized spacial score (nSPS) is 21.9. The average molecular weight is 465 g/mol. The molecule has 2 amide bonds. The van der Waals surface area contributed by atoms with E-state index in [0.29, 0.717) is 19.3 Å². The van der Waals surface area contributed by atoms with Crippen LogP contribution in [0.15, 0.2) is 48.5 Å². The van der Waals surface area contributed by atoms with Gasteiger partial charge in [0.15, 0.2) is 0 Å². The van der Waals surface area contributed by atoms with Crippen LogP contribution in [0.2, 0.25) is 0 Å². The van der Waals surface area contributed by atoms with Crippen LogP contribution in [0.3, 0.4) is 0 Å². The third-order valence-electron chi connectivity index (χ3n) is 7.18. The molecule has 1 saturated carbocycles. The number of hydrogen-bond acceptors (Lipinski definition) is 5. The number of nitrogens with one attached hydrogen (secondary N) is 2. The van der Waals surface area contributed by atoms with Gasteiger partial charge in [-0.25, -0.2) is 4.79 Å². The molecule has 1 saturated heterocycles. The molecular weight excluding hydrogens is 436 g/mol. The molecule has 2 aromatic carbocycles. The van der Waals surface area contributed by atoms with Crippen LogP contribution in [0, 0.1) is 11.3 Å². The van der Waals surface area contributed by atoms with Crippen LogP contribution in [-0.2, 0) is 19.1 Å². The summed E-state index contributed by atoms with van der Waals surface area (Å²) in [6.45, 7) is 0.893. The molecule has 34 heavy (non-hydrogen) atoms. The molecule has 8 nitrogen and oxygen atoms in total. The number of benzene rings is 2. The Morgan fingerprint density at radius 2 is 1.65 bits per heavy atom. The molecule has 1 heterocycles. The number of carbonyl (C=O) groups is 3. The molecule has 2 unspecified atom stereocenters. The quantitative estimate of drug-likeness (QED) is 0.554. The van der Waals surface area contributed by atoms with Gasteiger partial charge in [-0.2, -0.15) is 0 Å². The predicted molar refractivity (Wildman–Crippen MR) is 123 cm³/mol. The van der Waals surface area contributed by atoms with Crippen molar-refractivity contribution in [2.45, 2.75) is 31.3 Å². The van der Waals surface area contributed by atoms with Crippen LogP contribution in [0.5, 0.6) is 0 Å². The Bertz CT molecular complexity index is 1070. The molecule has 2 aromatic rings. The Balaban J connectivity index is 1.07. The van der Waals surface area contributed by atoms with E-state index >= 15 is 0 Å². The minimum atomic E-state index is -0.861. The summed E-state index contributed by atoms with van der Waals surface area (Å²) in [6.07, 6.45) is 0.851. The van der Waals surface area contributed by atoms with Crippen molar-refractivity contribution >= 4 is 18.0 Å². The summed E-state index contributed by atoms with van der Waals surface area (Å²) in [5.41, 5.74) is 3.86. The Kier molecular flexibility index (Phi) is 6.00. The van der Waals surface area contributed by atoms with E-state index in [2.05, 4.69) is 34.9 Å². The van der Waals surface area contributed by atoms with Crippen molar-refractivity contribution in [3.05, 3.63) is 59.7 Å². The molecule has 5 rings (SSSR count). The Morgan fingerprint density at radius 1 is 1.00 bits per heavy atom. The summed E-state index contributed by atoms with van der Waals surface area (Å²) < 4.78 is 11.2. The van der Waals surface area contributed by atoms with Crippen LogP contribution in [0.1, 0.15) is 36.3 Å². The number of carbonyl (C=O) groups excluding carboxylic acids is 2. The standard InChI is InChI=1S/C26H28N2O6/c29-23(28-15-26(9-10-26)24(30)31)16-11-17(33-13-16)12-27-25(32)34-14-22-20-7-3-1-5-18(20)19-6-2-4-8-21(19)22/h1-8,16-17,22H,9-15H2,(H,27,32)(H,28,29)(H,30,31). The van der Waals surface area contributed by atoms with Crippen LogP contribution < -0.4 is 10.6 Å². The number of ether oxygens (including phenoxy) is 2. The molecular formula is C26H28N2O6. The molecule has 0 bridgehead atoms. The van der Waals surface area contributed by atoms with E-state index in [0.717, 1.165) is 11.1 Å². The van der Waals surface area contributed by atoms with Gasteiger partial charge in [-0.15, -0.1) is 0 Å². The third-order valence-corrected chi connectivity index (χ3v) is 7.18. The van der Waals surface area contributed by atoms with Crippen LogP contribution in [0.25, 0.3) is 11.1 Å². The minimum Gasteiger partial charge on any atom is -0.481 e. The van der Waals surface area contributed by atoms with E-state index in [1.165, 1.54) is 11.1 Å². The highest BCUT2D eigenvalue weighted by atomic mass is 16.5. The molecule has 0 radical (unpaired) electrons. The first-order valence-electron chi connectivity index (χ1n) is 11.7. The maximum Gasteiger partial charge on any atom is 0.407 e. The van der Waals surface area contributed by atoms with Crippen LogP contribution >= 0.6 is 0 Å². The number of alkyl carbamates (subject to hydrolysis) is 1. The molecule has 0 spiro atoms. The molecule has 3 N–H and O–H groups in total. The Labute approximate surface area is 197 Å². The van der Waals surface area contributed by atoms with Crippen LogP contribution in [-0.4, -0.2) is 55.5 Å². The van der Waals surface area contributed by atoms with Gasteiger partial charge < -0.3 is 25.2 Å². The monoisotopic (exact) mass is 464 g/mol. The van der Waals surface area contributed by atoms with Gasteiger partial charge in [0.05, 0.1) is 24.0 Å². The van der Waals surface area contributed by atoms with Crippen molar-refractivity contribution in [3.8, 4) is 11.1 Å². The fraction of sp³-hybridized carbons (Fsp3) is 0.423. The highest BCUT2D eigenvalue weighted by Gasteiger charge is 2.50. The van der Waals surface area contributed by atoms with Gasteiger partial charge in [-0.3, -0.25) is 9.59 Å². The van der Waals surface area contributed by atoms with Gasteiger partial charge in [0, 0.05) is 19.0 Å². The number of hydrogen-bond donors (Lipinski definition) is 3. The lowest BCUT2D eigenvalue weighted by Gasteiger charge is -2.16. The summed E-state index contributed by atoms with van der Waals surface area (Å²) in [4.78, 5) is 36.0. The first-order valence-corrected chi connectivity index (χ1v) is 11.7. The number of amides is 2. The average Bonchev–Trinajstić information content (AvgIpc) is 3.39. The zero-order valence-electron chi connectivity index (χ0n) is 18.8. The van der Waals surface area contributed by atoms with Gasteiger partial charge in [0.25, 0.3) is 0 Å². The second-order valence-electron chi connectivity index (χ2n) is 9.40. The largest absolute Gasteiger partial charge is 0.481 e. The molecule has 2 aliphatic carbocycles. The fourth-order valence-corrected chi connectivity index (χ4v) is 4.90. The van der Waals surface area contributed by atoms with E-state index in [4.69, 9.17) is 9.47 Å². The summed E-state index contributed by atoms with van der Waals surface area (Å²) >= 11 is 0. The summed E-state index contributed by atoms with van der Waals surface area (Å²) in [5, 5.41) is 14.7. The van der Waals surface area contributed by atoms with E-state index in [-0.39, 0.29) is 50.2 Å². The van der Waals surface area contributed by atoms with Crippen molar-refractivity contribution in [2.24, 2.45) is 11.3 Å². The number of fused-ring (bicyclic) bond motifs is 3. The zero-order valence-corrected chi connectivity index (χ0v) is 18.8. The van der Waals surface area contributed by atoms with E-state index in [1.54, 1.807) is 0 Å². The predicted octanol–water partition coefficient (Wildman–Crippen LogP) is 2.91. The highest BCUT2D eigenvalue weighted by Crippen LogP contribution is 2.45. The van der Waals surface area contributed by atoms with Crippen molar-refractivity contribution in [2.75, 3.05) is 26.3 Å². The maximum atomic E-state index is 12.4. The highest BCUT2D eigenvalue weighted by molar-refractivity contribution is 5.82. The first kappa shape index (κ1) is 22.4. The molecule has 8 heteroatoms. The second kappa shape index (κ2) is 9.10. The van der Waals surface area contributed by atoms with E-state index in [9.17, 15) is 19.5 Å². The molecule has 1 aliphatic heterocycles. The molecule has 2 atom stereocenters. The van der Waals surface area contributed by atoms with Gasteiger partial charge in [-0.1, -0.05) is 48.5 Å².